The number of methoxy groups -OCH3 is 7. The van der Waals surface area contributed by atoms with E-state index in [-0.39, 0.29) is 143 Å². The molecular weight excluding hydrogens is 2090 g/mol. The van der Waals surface area contributed by atoms with Crippen LogP contribution in [0.25, 0.3) is 0 Å². The van der Waals surface area contributed by atoms with E-state index in [0.29, 0.717) is 116 Å². The standard InChI is InChI=1S/C17H32BN2O5Si.C17H30N2O5Si.C16H32N2O4Si.C11H18BN2O5.C11H16N2O5.C8H12BINO4.C8H11BNO4.C3H7NO.CH4O/c1-8-9-24-19-13-11-20(18-12-21)14(16(22)23-5)10-15(13)25-26(6,7)17(2,3)4;1-8-9-23-19-13-11-18(16(19)21)12(15(20)22-5)10-14(13)24-25(6,7)17(2,3)4;1-8-9-21-18-13-11-17-12(15(19)20-5)10-14(13)22-23(6,7)16(2,3)4;1-3-4-19-13-8-6-14(12-7-15)9(5-10(8)16)11(17)18-2;1-3-4-18-13-8-6-12(11(13)16)7(5-9(8)14)10(15)17-2;1-15-8(14)6-2-7(13)5(10)3-11(6)9-4-12;1-13-8(12)5-2-6-7(14-6)3-10(5)9-4-11;1-2-3-5-4;1-2/h8,12-15,19H,1,9-11H2,2-7H3;8,12-14H,1,9-11H2,2-7H3;8,12-14,17-18H,1,9-11H2,2-7H3;3,7-10,13,16H,1,4-6H2,2H3;3,7-9,14H,1,4-6H2,2H3;4-7,13H,2-3H2,1H3;4-7H,2-3H2,1H3;2H,1,3-4H2;2H,1H3/t13-,14-,15?;12-,13-,14-;12-,13-,14?;8-,9?,10-;7-,8-,9-;5-,6-,7-;5-,6-,7+;;/m0000000../s1. The average Bonchev–Trinajstić information content (AvgIpc) is 1.61. The zero-order valence-corrected chi connectivity index (χ0v) is 94.8. The summed E-state index contributed by atoms with van der Waals surface area (Å²) < 4.78 is 58.2. The van der Waals surface area contributed by atoms with E-state index in [0.717, 1.165) is 12.2 Å². The number of rotatable bonds is 41. The number of halogens is 1. The minimum atomic E-state index is -2.07. The highest BCUT2D eigenvalue weighted by molar-refractivity contribution is 14.1. The molecule has 0 aromatic rings. The van der Waals surface area contributed by atoms with Gasteiger partial charge in [-0.15, -0.1) is 39.5 Å². The van der Waals surface area contributed by atoms with Crippen molar-refractivity contribution < 1.29 is 163 Å². The molecule has 3 unspecified atom stereocenters. The Morgan fingerprint density at radius 1 is 0.415 bits per heavy atom. The molecule has 0 aromatic carbocycles. The van der Waals surface area contributed by atoms with Crippen molar-refractivity contribution in [2.24, 2.45) is 5.90 Å². The number of ether oxygens (including phenoxy) is 8. The maximum atomic E-state index is 12.7. The molecule has 10 aliphatic rings. The fourth-order valence-electron chi connectivity index (χ4n) is 15.6. The van der Waals surface area contributed by atoms with Crippen LogP contribution in [-0.2, 0) is 133 Å². The van der Waals surface area contributed by atoms with Crippen LogP contribution in [0.5, 0.6) is 0 Å². The molecule has 21 atom stereocenters. The number of aliphatic hydroxyl groups excluding tert-OH is 4. The lowest BCUT2D eigenvalue weighted by Gasteiger charge is -2.47. The van der Waals surface area contributed by atoms with Gasteiger partial charge in [0.05, 0.1) is 181 Å². The number of urea groups is 2. The largest absolute Gasteiger partial charge is 0.468 e. The molecule has 10 rings (SSSR count). The topological polar surface area (TPSA) is 563 Å². The van der Waals surface area contributed by atoms with Gasteiger partial charge in [-0.1, -0.05) is 121 Å². The fourth-order valence-corrected chi connectivity index (χ4v) is 20.4. The van der Waals surface area contributed by atoms with Gasteiger partial charge in [0.15, 0.2) is 25.0 Å². The predicted molar refractivity (Wildman–Crippen MR) is 564 cm³/mol. The van der Waals surface area contributed by atoms with Gasteiger partial charge in [-0.25, -0.2) is 25.1 Å². The summed E-state index contributed by atoms with van der Waals surface area (Å²) in [6, 6.07) is -5.91. The maximum absolute atomic E-state index is 12.7. The molecule has 55 heteroatoms. The molecule has 0 spiro atoms. The summed E-state index contributed by atoms with van der Waals surface area (Å²) >= 11 is 2.10. The summed E-state index contributed by atoms with van der Waals surface area (Å²) in [7, 11) is 9.50. The van der Waals surface area contributed by atoms with Gasteiger partial charge in [0.25, 0.3) is 29.7 Å². The molecule has 0 aromatic heterocycles. The molecule has 10 saturated heterocycles. The third-order valence-corrected chi connectivity index (χ3v) is 41.3. The average molecular weight is 2250 g/mol. The number of hydrogen-bond acceptors (Lipinski definition) is 43. The summed E-state index contributed by atoms with van der Waals surface area (Å²) in [6.07, 6.45) is 12.4. The van der Waals surface area contributed by atoms with E-state index in [9.17, 15) is 77.6 Å². The molecule has 0 aliphatic carbocycles. The number of hydroxylamine groups is 7. The normalized spacial score (nSPS) is 27.3. The Morgan fingerprint density at radius 3 is 1.12 bits per heavy atom. The first-order valence-corrected chi connectivity index (χ1v) is 58.0. The van der Waals surface area contributed by atoms with E-state index < -0.39 is 115 Å². The van der Waals surface area contributed by atoms with Crippen LogP contribution < -0.4 is 27.7 Å². The van der Waals surface area contributed by atoms with Crippen LogP contribution in [0.15, 0.2) is 75.9 Å². The number of nitrogens with two attached hydrogens (primary N) is 1. The first-order chi connectivity index (χ1) is 69.2. The highest BCUT2D eigenvalue weighted by atomic mass is 127. The molecule has 10 fully saturated rings. The van der Waals surface area contributed by atoms with Crippen molar-refractivity contribution in [1.29, 1.82) is 0 Å². The number of esters is 7. The van der Waals surface area contributed by atoms with Crippen molar-refractivity contribution in [3.05, 3.63) is 75.9 Å². The van der Waals surface area contributed by atoms with Gasteiger partial charge in [0, 0.05) is 89.0 Å². The second-order valence-electron chi connectivity index (χ2n) is 39.4. The second-order valence-corrected chi connectivity index (χ2v) is 55.3. The van der Waals surface area contributed by atoms with E-state index in [4.69, 9.17) is 61.5 Å². The number of carbonyl (C=O) groups excluding carboxylic acids is 13. The predicted octanol–water partition coefficient (Wildman–Crippen LogP) is 1.73. The number of fused-ring (bicyclic) bond motifs is 5. The van der Waals surface area contributed by atoms with Crippen molar-refractivity contribution in [1.82, 2.24) is 60.9 Å². The lowest BCUT2D eigenvalue weighted by molar-refractivity contribution is -0.151. The Kier molecular flexibility index (Phi) is 62.1. The minimum absolute atomic E-state index is 0.0136. The molecule has 4 amide bonds. The number of epoxide rings is 1. The maximum Gasteiger partial charge on any atom is 0.345 e. The van der Waals surface area contributed by atoms with Crippen LogP contribution >= 0.6 is 22.6 Å². The molecule has 10 N–H and O–H groups in total. The number of nitrogens with one attached hydrogen (secondary N) is 4. The van der Waals surface area contributed by atoms with Crippen molar-refractivity contribution in [3.8, 4) is 0 Å². The lowest BCUT2D eigenvalue weighted by atomic mass is 9.84. The molecule has 4 radical (unpaired) electrons. The van der Waals surface area contributed by atoms with Crippen LogP contribution in [0.3, 0.4) is 0 Å². The summed E-state index contributed by atoms with van der Waals surface area (Å²) in [4.78, 5) is 189. The van der Waals surface area contributed by atoms with Gasteiger partial charge < -0.3 is 130 Å². The first kappa shape index (κ1) is 136. The number of nitrogens with zero attached hydrogens (tertiary/aromatic N) is 8. The van der Waals surface area contributed by atoms with Gasteiger partial charge >= 0.3 is 53.8 Å². The number of alkyl halides is 1. The third kappa shape index (κ3) is 41.9. The van der Waals surface area contributed by atoms with Gasteiger partial charge in [0.1, 0.15) is 54.4 Å². The molecule has 830 valence electrons. The third-order valence-electron chi connectivity index (χ3n) is 26.6. The SMILES string of the molecule is C=CCON.C=CCON1C(=O)N2C[C@H]1[C@@H](O)C[C@H]2C(=O)OC.C=CCON1C(=O)N2C[C@H]1[C@@H](O[Si](C)(C)C(C)(C)C)C[C@H]2C(=O)OC.C=CCON[C@H]1CN([B]C=O)C(C(=O)OC)C[C@@H]1O.C=CCON[C@H]1CN([B]C=O)[C@H](C(=O)OC)CC1O[Si](C)(C)C(C)(C)C.C=CCON[C@H]1CN[C@H](C(=O)OC)CC1O[Si](C)(C)C(C)(C)C.CO.COC(=O)[C@@H]1C[C@@H]2O[C@@H]2CN1[B]C=O.COC(=O)[C@@H]1C[C@H](O)[C@@H](I)CN1[B]C=O. The summed E-state index contributed by atoms with van der Waals surface area (Å²) in [5.41, 5.74) is 8.73. The Hall–Kier alpha value is -7.33. The second kappa shape index (κ2) is 67.3. The summed E-state index contributed by atoms with van der Waals surface area (Å²) in [5, 5.41) is 42.4. The Bertz CT molecular complexity index is 4150. The Balaban J connectivity index is 0.000000578. The number of amides is 4. The zero-order valence-electron chi connectivity index (χ0n) is 89.7. The lowest BCUT2D eigenvalue weighted by Crippen LogP contribution is -2.63. The quantitative estimate of drug-likeness (QED) is 0.00402. The molecule has 47 nitrogen and oxygen atoms in total. The van der Waals surface area contributed by atoms with Crippen molar-refractivity contribution in [3.63, 3.8) is 0 Å². The summed E-state index contributed by atoms with van der Waals surface area (Å²) in [6.45, 7) is 58.8. The van der Waals surface area contributed by atoms with Gasteiger partial charge in [0.2, 0.25) is 0 Å². The van der Waals surface area contributed by atoms with Gasteiger partial charge in [-0.2, -0.15) is 26.6 Å². The molecule has 4 bridgehead atoms. The minimum Gasteiger partial charge on any atom is -0.468 e. The molecule has 10 heterocycles. The smallest absolute Gasteiger partial charge is 0.345 e. The van der Waals surface area contributed by atoms with Crippen molar-refractivity contribution in [2.45, 2.75) is 287 Å². The first-order valence-electron chi connectivity index (χ1n) is 48.1. The van der Waals surface area contributed by atoms with E-state index in [2.05, 4.69) is 215 Å². The number of hydrogen-bond donors (Lipinski definition) is 9. The number of aliphatic hydroxyl groups is 4. The van der Waals surface area contributed by atoms with Gasteiger partial charge in [-0.05, 0) is 67.2 Å². The molecule has 10 aliphatic heterocycles. The Morgan fingerprint density at radius 2 is 0.735 bits per heavy atom. The number of carbonyl (C=O) groups is 13. The van der Waals surface area contributed by atoms with Crippen LogP contribution in [0.4, 0.5) is 9.59 Å². The fraction of sp³-hybridized carbons (Fsp3) is 0.728. The highest BCUT2D eigenvalue weighted by Gasteiger charge is 2.58. The number of piperidine rings is 7. The van der Waals surface area contributed by atoms with Crippen molar-refractivity contribution >= 4 is 156 Å². The van der Waals surface area contributed by atoms with Gasteiger partial charge in [-0.3, -0.25) is 48.2 Å². The van der Waals surface area contributed by atoms with Crippen LogP contribution in [0.1, 0.15) is 107 Å². The van der Waals surface area contributed by atoms with Crippen LogP contribution in [0, 0.1) is 0 Å². The van der Waals surface area contributed by atoms with E-state index in [1.165, 1.54) is 105 Å². The molecular formula is C92H162B4IN13O34Si3. The molecule has 0 saturated carbocycles. The van der Waals surface area contributed by atoms with E-state index >= 15 is 0 Å². The highest BCUT2D eigenvalue weighted by Crippen LogP contribution is 2.44. The monoisotopic (exact) mass is 2250 g/mol. The van der Waals surface area contributed by atoms with Crippen LogP contribution in [0.2, 0.25) is 54.4 Å². The van der Waals surface area contributed by atoms with Crippen LogP contribution in [-0.4, -0.2) is 460 Å². The van der Waals surface area contributed by atoms with Crippen molar-refractivity contribution in [2.75, 3.05) is 142 Å². The Labute approximate surface area is 885 Å². The van der Waals surface area contributed by atoms with E-state index in [1.54, 1.807) is 44.8 Å². The van der Waals surface area contributed by atoms with E-state index in [1.807, 2.05) is 0 Å². The molecule has 147 heavy (non-hydrogen) atoms. The zero-order chi connectivity index (χ0) is 112. The summed E-state index contributed by atoms with van der Waals surface area (Å²) in [5.74, 6) is 1.79.